The number of nitriles is 1. The van der Waals surface area contributed by atoms with Crippen LogP contribution in [0.25, 0.3) is 5.65 Å². The highest BCUT2D eigenvalue weighted by Crippen LogP contribution is 2.20. The van der Waals surface area contributed by atoms with Gasteiger partial charge in [-0.25, -0.2) is 4.98 Å². The third-order valence-corrected chi connectivity index (χ3v) is 3.53. The van der Waals surface area contributed by atoms with Crippen molar-refractivity contribution in [3.05, 3.63) is 65.1 Å². The molecule has 0 aliphatic rings. The third-order valence-electron chi connectivity index (χ3n) is 3.53. The highest BCUT2D eigenvalue weighted by molar-refractivity contribution is 5.53. The molecule has 0 atom stereocenters. The van der Waals surface area contributed by atoms with Gasteiger partial charge in [-0.1, -0.05) is 18.2 Å². The van der Waals surface area contributed by atoms with Gasteiger partial charge in [0.15, 0.2) is 0 Å². The molecule has 0 N–H and O–H groups in total. The number of rotatable bonds is 3. The molecule has 3 aromatic rings. The molecule has 0 unspecified atom stereocenters. The van der Waals surface area contributed by atoms with Crippen molar-refractivity contribution in [3.8, 4) is 11.8 Å². The molecule has 3 rings (SSSR count). The van der Waals surface area contributed by atoms with Crippen LogP contribution in [0.15, 0.2) is 42.6 Å². The van der Waals surface area contributed by atoms with Crippen molar-refractivity contribution < 1.29 is 4.74 Å². The first-order valence-electron chi connectivity index (χ1n) is 6.72. The van der Waals surface area contributed by atoms with E-state index in [0.29, 0.717) is 12.1 Å². The number of pyridine rings is 1. The topological polar surface area (TPSA) is 50.3 Å². The molecule has 4 nitrogen and oxygen atoms in total. The minimum absolute atomic E-state index is 0.594. The Balaban J connectivity index is 2.08. The van der Waals surface area contributed by atoms with Crippen molar-refractivity contribution in [1.82, 2.24) is 9.38 Å². The molecule has 21 heavy (non-hydrogen) atoms. The molecule has 0 aliphatic carbocycles. The molecule has 0 amide bonds. The molecule has 0 bridgehead atoms. The maximum absolute atomic E-state index is 9.44. The van der Waals surface area contributed by atoms with E-state index in [0.717, 1.165) is 28.2 Å². The Labute approximate surface area is 123 Å². The van der Waals surface area contributed by atoms with Crippen LogP contribution in [-0.4, -0.2) is 16.5 Å². The maximum Gasteiger partial charge on any atom is 0.148 e. The van der Waals surface area contributed by atoms with Crippen LogP contribution in [0, 0.1) is 18.3 Å². The van der Waals surface area contributed by atoms with Crippen LogP contribution in [0.2, 0.25) is 0 Å². The molecule has 2 heterocycles. The number of methoxy groups -OCH3 is 1. The Morgan fingerprint density at radius 1 is 1.29 bits per heavy atom. The van der Waals surface area contributed by atoms with E-state index >= 15 is 0 Å². The summed E-state index contributed by atoms with van der Waals surface area (Å²) in [7, 11) is 1.65. The number of imidazole rings is 1. The quantitative estimate of drug-likeness (QED) is 0.739. The molecule has 0 saturated heterocycles. The zero-order chi connectivity index (χ0) is 14.8. The van der Waals surface area contributed by atoms with Crippen LogP contribution in [-0.2, 0) is 6.42 Å². The van der Waals surface area contributed by atoms with E-state index in [9.17, 15) is 5.26 Å². The fraction of sp³-hybridized carbons (Fsp3) is 0.176. The molecule has 2 aromatic heterocycles. The lowest BCUT2D eigenvalue weighted by molar-refractivity contribution is 0.414. The molecule has 4 heteroatoms. The summed E-state index contributed by atoms with van der Waals surface area (Å²) in [6.07, 6.45) is 2.49. The van der Waals surface area contributed by atoms with Gasteiger partial charge in [-0.3, -0.25) is 4.40 Å². The lowest BCUT2D eigenvalue weighted by atomic mass is 10.1. The SMILES string of the molecule is COc1cccc(Cc2nc3c(C)cccn3c2C#N)c1. The Morgan fingerprint density at radius 3 is 2.90 bits per heavy atom. The van der Waals surface area contributed by atoms with Crippen LogP contribution in [0.3, 0.4) is 0 Å². The van der Waals surface area contributed by atoms with Crippen molar-refractivity contribution >= 4 is 5.65 Å². The number of benzene rings is 1. The Morgan fingerprint density at radius 2 is 2.14 bits per heavy atom. The van der Waals surface area contributed by atoms with Gasteiger partial charge in [-0.05, 0) is 36.2 Å². The monoisotopic (exact) mass is 277 g/mol. The Kier molecular flexibility index (Phi) is 3.33. The van der Waals surface area contributed by atoms with Gasteiger partial charge in [0.25, 0.3) is 0 Å². The van der Waals surface area contributed by atoms with Gasteiger partial charge in [0, 0.05) is 12.6 Å². The molecule has 0 radical (unpaired) electrons. The zero-order valence-corrected chi connectivity index (χ0v) is 12.0. The minimum Gasteiger partial charge on any atom is -0.497 e. The minimum atomic E-state index is 0.594. The molecule has 0 spiro atoms. The average molecular weight is 277 g/mol. The molecule has 0 aliphatic heterocycles. The van der Waals surface area contributed by atoms with Crippen LogP contribution >= 0.6 is 0 Å². The summed E-state index contributed by atoms with van der Waals surface area (Å²) in [6, 6.07) is 14.0. The summed E-state index contributed by atoms with van der Waals surface area (Å²) < 4.78 is 7.09. The van der Waals surface area contributed by atoms with Crippen LogP contribution in [0.5, 0.6) is 5.75 Å². The number of ether oxygens (including phenoxy) is 1. The second-order valence-electron chi connectivity index (χ2n) is 4.93. The van der Waals surface area contributed by atoms with Crippen LogP contribution in [0.4, 0.5) is 0 Å². The number of fused-ring (bicyclic) bond motifs is 1. The second kappa shape index (κ2) is 5.29. The van der Waals surface area contributed by atoms with Crippen LogP contribution < -0.4 is 4.74 Å². The zero-order valence-electron chi connectivity index (χ0n) is 12.0. The molecule has 104 valence electrons. The van der Waals surface area contributed by atoms with Gasteiger partial charge in [0.05, 0.1) is 12.8 Å². The van der Waals surface area contributed by atoms with E-state index in [1.165, 1.54) is 0 Å². The van der Waals surface area contributed by atoms with Crippen molar-refractivity contribution in [2.45, 2.75) is 13.3 Å². The predicted octanol–water partition coefficient (Wildman–Crippen LogP) is 3.11. The van der Waals surface area contributed by atoms with Gasteiger partial charge < -0.3 is 4.74 Å². The number of hydrogen-bond acceptors (Lipinski definition) is 3. The van der Waals surface area contributed by atoms with Crippen LogP contribution in [0.1, 0.15) is 22.5 Å². The van der Waals surface area contributed by atoms with Gasteiger partial charge in [-0.15, -0.1) is 0 Å². The lowest BCUT2D eigenvalue weighted by Crippen LogP contribution is -1.94. The van der Waals surface area contributed by atoms with E-state index in [1.807, 2.05) is 53.9 Å². The van der Waals surface area contributed by atoms with E-state index in [4.69, 9.17) is 4.74 Å². The van der Waals surface area contributed by atoms with E-state index in [1.54, 1.807) is 7.11 Å². The highest BCUT2D eigenvalue weighted by atomic mass is 16.5. The first-order valence-corrected chi connectivity index (χ1v) is 6.72. The van der Waals surface area contributed by atoms with E-state index in [2.05, 4.69) is 11.1 Å². The summed E-state index contributed by atoms with van der Waals surface area (Å²) in [5.74, 6) is 0.811. The average Bonchev–Trinajstić information content (AvgIpc) is 2.86. The van der Waals surface area contributed by atoms with Crippen molar-refractivity contribution in [2.75, 3.05) is 7.11 Å². The molecular weight excluding hydrogens is 262 g/mol. The van der Waals surface area contributed by atoms with Crippen molar-refractivity contribution in [1.29, 1.82) is 5.26 Å². The summed E-state index contributed by atoms with van der Waals surface area (Å²) in [5.41, 5.74) is 4.36. The number of aromatic nitrogens is 2. The highest BCUT2D eigenvalue weighted by Gasteiger charge is 2.13. The maximum atomic E-state index is 9.44. The van der Waals surface area contributed by atoms with E-state index in [-0.39, 0.29) is 0 Å². The van der Waals surface area contributed by atoms with Gasteiger partial charge in [-0.2, -0.15) is 5.26 Å². The smallest absolute Gasteiger partial charge is 0.148 e. The molecule has 0 fully saturated rings. The summed E-state index contributed by atoms with van der Waals surface area (Å²) >= 11 is 0. The first kappa shape index (κ1) is 13.2. The van der Waals surface area contributed by atoms with Gasteiger partial charge in [0.2, 0.25) is 0 Å². The molecule has 0 saturated carbocycles. The standard InChI is InChI=1S/C17H15N3O/c1-12-5-4-8-20-16(11-18)15(19-17(12)20)10-13-6-3-7-14(9-13)21-2/h3-9H,10H2,1-2H3. The summed E-state index contributed by atoms with van der Waals surface area (Å²) in [4.78, 5) is 4.63. The second-order valence-corrected chi connectivity index (χ2v) is 4.93. The normalized spacial score (nSPS) is 10.5. The summed E-state index contributed by atoms with van der Waals surface area (Å²) in [5, 5.41) is 9.44. The fourth-order valence-corrected chi connectivity index (χ4v) is 2.47. The molecule has 1 aromatic carbocycles. The van der Waals surface area contributed by atoms with Crippen molar-refractivity contribution in [3.63, 3.8) is 0 Å². The number of hydrogen-bond donors (Lipinski definition) is 0. The van der Waals surface area contributed by atoms with E-state index < -0.39 is 0 Å². The Bertz CT molecular complexity index is 843. The predicted molar refractivity (Wildman–Crippen MR) is 80.4 cm³/mol. The molecular formula is C17H15N3O. The Hall–Kier alpha value is -2.80. The third kappa shape index (κ3) is 2.34. The lowest BCUT2D eigenvalue weighted by Gasteiger charge is -2.03. The van der Waals surface area contributed by atoms with Gasteiger partial charge in [0.1, 0.15) is 23.2 Å². The summed E-state index contributed by atoms with van der Waals surface area (Å²) in [6.45, 7) is 2.00. The van der Waals surface area contributed by atoms with Crippen molar-refractivity contribution in [2.24, 2.45) is 0 Å². The largest absolute Gasteiger partial charge is 0.497 e. The fourth-order valence-electron chi connectivity index (χ4n) is 2.47. The first-order chi connectivity index (χ1) is 10.2. The van der Waals surface area contributed by atoms with Gasteiger partial charge >= 0.3 is 0 Å². The number of aryl methyl sites for hydroxylation is 1. The number of nitrogens with zero attached hydrogens (tertiary/aromatic N) is 3.